The van der Waals surface area contributed by atoms with Gasteiger partial charge in [0.1, 0.15) is 0 Å². The number of aryl methyl sites for hydroxylation is 2. The molecule has 1 aromatic heterocycles. The normalized spacial score (nSPS) is 10.4. The average Bonchev–Trinajstić information content (AvgIpc) is 2.36. The average molecular weight is 245 g/mol. The van der Waals surface area contributed by atoms with Crippen molar-refractivity contribution < 1.29 is 5.11 Å². The van der Waals surface area contributed by atoms with Gasteiger partial charge >= 0.3 is 0 Å². The minimum absolute atomic E-state index is 0.218. The predicted molar refractivity (Wildman–Crippen MR) is 71.8 cm³/mol. The molecule has 1 N–H and O–H groups in total. The fourth-order valence-corrected chi connectivity index (χ4v) is 2.01. The van der Waals surface area contributed by atoms with Crippen LogP contribution in [-0.2, 0) is 13.0 Å². The van der Waals surface area contributed by atoms with Crippen LogP contribution in [0.15, 0.2) is 42.6 Å². The molecule has 2 aromatic rings. The number of rotatable bonds is 3. The first-order chi connectivity index (χ1) is 8.18. The van der Waals surface area contributed by atoms with Crippen LogP contribution in [0.4, 0.5) is 0 Å². The molecule has 3 heteroatoms. The number of nitrogens with zero attached hydrogens (tertiary/aromatic N) is 1. The summed E-state index contributed by atoms with van der Waals surface area (Å²) in [4.78, 5) is 0. The first-order valence-corrected chi connectivity index (χ1v) is 6.02. The van der Waals surface area contributed by atoms with Crippen LogP contribution >= 0.6 is 12.2 Å². The van der Waals surface area contributed by atoms with Crippen molar-refractivity contribution >= 4 is 12.2 Å². The molecule has 2 rings (SSSR count). The van der Waals surface area contributed by atoms with Gasteiger partial charge in [0, 0.05) is 12.7 Å². The van der Waals surface area contributed by atoms with Gasteiger partial charge in [0.05, 0.1) is 10.2 Å². The summed E-state index contributed by atoms with van der Waals surface area (Å²) in [5.74, 6) is 0.218. The Kier molecular flexibility index (Phi) is 3.59. The SMILES string of the molecule is Cc1c(O)c(=S)ccn1CCc1ccccc1. The second kappa shape index (κ2) is 5.15. The van der Waals surface area contributed by atoms with Gasteiger partial charge in [-0.2, -0.15) is 0 Å². The summed E-state index contributed by atoms with van der Waals surface area (Å²) in [5, 5.41) is 9.76. The predicted octanol–water partition coefficient (Wildman–Crippen LogP) is 3.47. The summed E-state index contributed by atoms with van der Waals surface area (Å²) in [6, 6.07) is 12.1. The van der Waals surface area contributed by atoms with Crippen molar-refractivity contribution in [2.24, 2.45) is 0 Å². The number of aromatic nitrogens is 1. The van der Waals surface area contributed by atoms with Crippen LogP contribution in [0.5, 0.6) is 5.75 Å². The molecule has 0 unspecified atom stereocenters. The van der Waals surface area contributed by atoms with E-state index in [0.717, 1.165) is 18.7 Å². The van der Waals surface area contributed by atoms with E-state index in [1.54, 1.807) is 6.07 Å². The summed E-state index contributed by atoms with van der Waals surface area (Å²) < 4.78 is 2.54. The van der Waals surface area contributed by atoms with Gasteiger partial charge in [0.2, 0.25) is 0 Å². The molecule has 88 valence electrons. The summed E-state index contributed by atoms with van der Waals surface area (Å²) in [6.45, 7) is 2.73. The van der Waals surface area contributed by atoms with Crippen LogP contribution in [0.3, 0.4) is 0 Å². The van der Waals surface area contributed by atoms with E-state index in [0.29, 0.717) is 4.51 Å². The van der Waals surface area contributed by atoms with Gasteiger partial charge in [-0.3, -0.25) is 0 Å². The minimum Gasteiger partial charge on any atom is -0.505 e. The van der Waals surface area contributed by atoms with Crippen LogP contribution in [0.2, 0.25) is 0 Å². The molecule has 0 spiro atoms. The largest absolute Gasteiger partial charge is 0.505 e. The third kappa shape index (κ3) is 2.74. The standard InChI is InChI=1S/C14H15NOS/c1-11-14(16)13(17)8-10-15(11)9-7-12-5-3-2-4-6-12/h2-6,8,10,16H,7,9H2,1H3. The lowest BCUT2D eigenvalue weighted by Gasteiger charge is -2.12. The fraction of sp³-hybridized carbons (Fsp3) is 0.214. The Morgan fingerprint density at radius 2 is 1.88 bits per heavy atom. The smallest absolute Gasteiger partial charge is 0.152 e. The Morgan fingerprint density at radius 1 is 1.18 bits per heavy atom. The second-order valence-corrected chi connectivity index (χ2v) is 4.48. The van der Waals surface area contributed by atoms with Gasteiger partial charge in [-0.1, -0.05) is 42.5 Å². The molecule has 0 saturated carbocycles. The molecule has 0 amide bonds. The highest BCUT2D eigenvalue weighted by Gasteiger charge is 2.02. The number of pyridine rings is 1. The zero-order valence-electron chi connectivity index (χ0n) is 9.76. The van der Waals surface area contributed by atoms with Crippen molar-refractivity contribution in [3.05, 3.63) is 58.4 Å². The molecule has 0 bridgehead atoms. The number of hydrogen-bond donors (Lipinski definition) is 1. The Hall–Kier alpha value is -1.61. The maximum Gasteiger partial charge on any atom is 0.152 e. The zero-order valence-corrected chi connectivity index (χ0v) is 10.6. The molecule has 0 aliphatic rings. The molecule has 1 heterocycles. The van der Waals surface area contributed by atoms with E-state index < -0.39 is 0 Å². The van der Waals surface area contributed by atoms with Crippen molar-refractivity contribution in [1.29, 1.82) is 0 Å². The molecule has 17 heavy (non-hydrogen) atoms. The molecule has 0 saturated heterocycles. The molecule has 0 aliphatic carbocycles. The molecule has 0 fully saturated rings. The monoisotopic (exact) mass is 245 g/mol. The number of aromatic hydroxyl groups is 1. The first kappa shape index (κ1) is 11.9. The molecule has 1 aromatic carbocycles. The van der Waals surface area contributed by atoms with Crippen molar-refractivity contribution in [2.75, 3.05) is 0 Å². The fourth-order valence-electron chi connectivity index (χ4n) is 1.80. The number of benzene rings is 1. The summed E-state index contributed by atoms with van der Waals surface area (Å²) in [7, 11) is 0. The van der Waals surface area contributed by atoms with Gasteiger partial charge in [-0.15, -0.1) is 0 Å². The highest BCUT2D eigenvalue weighted by Crippen LogP contribution is 2.17. The maximum atomic E-state index is 9.76. The van der Waals surface area contributed by atoms with E-state index in [1.807, 2.05) is 35.9 Å². The second-order valence-electron chi connectivity index (χ2n) is 4.04. The molecular weight excluding hydrogens is 230 g/mol. The van der Waals surface area contributed by atoms with Gasteiger partial charge in [-0.25, -0.2) is 0 Å². The Labute approximate surface area is 106 Å². The van der Waals surface area contributed by atoms with Crippen LogP contribution in [0.1, 0.15) is 11.3 Å². The van der Waals surface area contributed by atoms with Crippen molar-refractivity contribution in [3.63, 3.8) is 0 Å². The lowest BCUT2D eigenvalue weighted by atomic mass is 10.1. The van der Waals surface area contributed by atoms with E-state index in [2.05, 4.69) is 12.1 Å². The maximum absolute atomic E-state index is 9.76. The van der Waals surface area contributed by atoms with Crippen molar-refractivity contribution in [1.82, 2.24) is 4.57 Å². The zero-order chi connectivity index (χ0) is 12.3. The van der Waals surface area contributed by atoms with E-state index in [9.17, 15) is 5.11 Å². The number of hydrogen-bond acceptors (Lipinski definition) is 2. The lowest BCUT2D eigenvalue weighted by molar-refractivity contribution is 0.456. The van der Waals surface area contributed by atoms with E-state index >= 15 is 0 Å². The topological polar surface area (TPSA) is 25.2 Å². The van der Waals surface area contributed by atoms with Crippen molar-refractivity contribution in [2.45, 2.75) is 19.9 Å². The van der Waals surface area contributed by atoms with E-state index in [4.69, 9.17) is 12.2 Å². The Morgan fingerprint density at radius 3 is 2.59 bits per heavy atom. The van der Waals surface area contributed by atoms with Gasteiger partial charge in [0.25, 0.3) is 0 Å². The first-order valence-electron chi connectivity index (χ1n) is 5.61. The lowest BCUT2D eigenvalue weighted by Crippen LogP contribution is -2.05. The quantitative estimate of drug-likeness (QED) is 0.838. The van der Waals surface area contributed by atoms with Gasteiger partial charge < -0.3 is 9.67 Å². The van der Waals surface area contributed by atoms with Gasteiger partial charge in [-0.05, 0) is 25.0 Å². The van der Waals surface area contributed by atoms with E-state index in [1.165, 1.54) is 5.56 Å². The highest BCUT2D eigenvalue weighted by molar-refractivity contribution is 7.71. The van der Waals surface area contributed by atoms with Crippen LogP contribution in [0, 0.1) is 11.4 Å². The van der Waals surface area contributed by atoms with Crippen LogP contribution in [-0.4, -0.2) is 9.67 Å². The van der Waals surface area contributed by atoms with E-state index in [-0.39, 0.29) is 5.75 Å². The molecule has 0 atom stereocenters. The summed E-state index contributed by atoms with van der Waals surface area (Å²) in [6.07, 6.45) is 2.88. The Bertz CT molecular complexity index is 560. The Balaban J connectivity index is 2.15. The highest BCUT2D eigenvalue weighted by atomic mass is 32.1. The van der Waals surface area contributed by atoms with Crippen LogP contribution < -0.4 is 0 Å². The summed E-state index contributed by atoms with van der Waals surface area (Å²) in [5.41, 5.74) is 2.12. The summed E-state index contributed by atoms with van der Waals surface area (Å²) >= 11 is 5.01. The third-order valence-corrected chi connectivity index (χ3v) is 3.23. The van der Waals surface area contributed by atoms with Gasteiger partial charge in [0.15, 0.2) is 5.75 Å². The third-order valence-electron chi connectivity index (χ3n) is 2.90. The minimum atomic E-state index is 0.218. The van der Waals surface area contributed by atoms with Crippen molar-refractivity contribution in [3.8, 4) is 5.75 Å². The van der Waals surface area contributed by atoms with Crippen LogP contribution in [0.25, 0.3) is 0 Å². The molecule has 0 radical (unpaired) electrons. The molecule has 0 aliphatic heterocycles. The molecular formula is C14H15NOS. The molecule has 2 nitrogen and oxygen atoms in total.